The third-order valence-electron chi connectivity index (χ3n) is 4.82. The van der Waals surface area contributed by atoms with Gasteiger partial charge in [-0.3, -0.25) is 4.79 Å². The maximum absolute atomic E-state index is 13.2. The Balaban J connectivity index is 1.95. The molecular formula is C22H18O. The fraction of sp³-hybridized carbons (Fsp3) is 0.136. The van der Waals surface area contributed by atoms with Crippen LogP contribution in [0.5, 0.6) is 0 Å². The zero-order valence-corrected chi connectivity index (χ0v) is 13.1. The Morgan fingerprint density at radius 3 is 1.83 bits per heavy atom. The third-order valence-corrected chi connectivity index (χ3v) is 4.82. The highest BCUT2D eigenvalue weighted by Gasteiger charge is 2.41. The third kappa shape index (κ3) is 2.20. The Hall–Kier alpha value is -2.67. The number of aryl methyl sites for hydroxylation is 1. The molecule has 1 aliphatic rings. The number of benzene rings is 3. The van der Waals surface area contributed by atoms with E-state index in [1.165, 1.54) is 5.56 Å². The number of rotatable bonds is 2. The van der Waals surface area contributed by atoms with Crippen molar-refractivity contribution in [1.82, 2.24) is 0 Å². The standard InChI is InChI=1S/C22H18O/c1-15-9-8-14-18-19(15)22(23)21(17-12-6-3-7-13-17)20(18)16-10-4-2-5-11-16/h2-14,20-21H,1H3. The summed E-state index contributed by atoms with van der Waals surface area (Å²) in [5.74, 6) is 0.217. The summed E-state index contributed by atoms with van der Waals surface area (Å²) in [5.41, 5.74) is 5.46. The molecule has 0 amide bonds. The summed E-state index contributed by atoms with van der Waals surface area (Å²) >= 11 is 0. The summed E-state index contributed by atoms with van der Waals surface area (Å²) in [4.78, 5) is 13.2. The number of hydrogen-bond acceptors (Lipinski definition) is 1. The van der Waals surface area contributed by atoms with Gasteiger partial charge in [-0.1, -0.05) is 78.9 Å². The van der Waals surface area contributed by atoms with Gasteiger partial charge in [0.2, 0.25) is 0 Å². The van der Waals surface area contributed by atoms with E-state index in [0.29, 0.717) is 0 Å². The maximum Gasteiger partial charge on any atom is 0.171 e. The molecule has 0 N–H and O–H groups in total. The lowest BCUT2D eigenvalue weighted by molar-refractivity contribution is 0.0967. The van der Waals surface area contributed by atoms with Crippen molar-refractivity contribution in [2.75, 3.05) is 0 Å². The quantitative estimate of drug-likeness (QED) is 0.642. The molecule has 0 aliphatic heterocycles. The van der Waals surface area contributed by atoms with Gasteiger partial charge in [-0.05, 0) is 29.2 Å². The molecule has 2 atom stereocenters. The second kappa shape index (κ2) is 5.51. The molecule has 2 unspecified atom stereocenters. The van der Waals surface area contributed by atoms with Crippen LogP contribution in [-0.4, -0.2) is 5.78 Å². The van der Waals surface area contributed by atoms with Gasteiger partial charge in [0, 0.05) is 11.5 Å². The first kappa shape index (κ1) is 14.0. The summed E-state index contributed by atoms with van der Waals surface area (Å²) in [7, 11) is 0. The SMILES string of the molecule is Cc1cccc2c1C(=O)C(c1ccccc1)C2c1ccccc1. The number of hydrogen-bond donors (Lipinski definition) is 0. The average molecular weight is 298 g/mol. The number of fused-ring (bicyclic) bond motifs is 1. The van der Waals surface area contributed by atoms with Crippen LogP contribution in [0.2, 0.25) is 0 Å². The molecule has 0 aromatic heterocycles. The molecule has 3 aromatic carbocycles. The normalized spacial score (nSPS) is 19.6. The molecular weight excluding hydrogens is 280 g/mol. The molecule has 23 heavy (non-hydrogen) atoms. The van der Waals surface area contributed by atoms with Crippen LogP contribution in [0.1, 0.15) is 44.4 Å². The van der Waals surface area contributed by atoms with Crippen LogP contribution in [0, 0.1) is 6.92 Å². The van der Waals surface area contributed by atoms with Crippen molar-refractivity contribution in [2.24, 2.45) is 0 Å². The van der Waals surface area contributed by atoms with Gasteiger partial charge >= 0.3 is 0 Å². The van der Waals surface area contributed by atoms with Crippen molar-refractivity contribution in [3.63, 3.8) is 0 Å². The highest BCUT2D eigenvalue weighted by Crippen LogP contribution is 2.48. The van der Waals surface area contributed by atoms with E-state index in [9.17, 15) is 4.79 Å². The molecule has 0 spiro atoms. The molecule has 0 saturated carbocycles. The van der Waals surface area contributed by atoms with Crippen LogP contribution in [0.4, 0.5) is 0 Å². The second-order valence-corrected chi connectivity index (χ2v) is 6.18. The van der Waals surface area contributed by atoms with Gasteiger partial charge < -0.3 is 0 Å². The molecule has 4 rings (SSSR count). The van der Waals surface area contributed by atoms with Crippen LogP contribution in [-0.2, 0) is 0 Å². The Morgan fingerprint density at radius 1 is 0.652 bits per heavy atom. The average Bonchev–Trinajstić information content (AvgIpc) is 2.90. The van der Waals surface area contributed by atoms with Crippen LogP contribution >= 0.6 is 0 Å². The van der Waals surface area contributed by atoms with Crippen LogP contribution in [0.3, 0.4) is 0 Å². The van der Waals surface area contributed by atoms with Gasteiger partial charge in [0.1, 0.15) is 0 Å². The molecule has 0 saturated heterocycles. The summed E-state index contributed by atoms with van der Waals surface area (Å²) < 4.78 is 0. The smallest absolute Gasteiger partial charge is 0.171 e. The van der Waals surface area contributed by atoms with E-state index in [0.717, 1.165) is 22.3 Å². The molecule has 112 valence electrons. The van der Waals surface area contributed by atoms with E-state index < -0.39 is 0 Å². The molecule has 0 radical (unpaired) electrons. The minimum Gasteiger partial charge on any atom is -0.293 e. The lowest BCUT2D eigenvalue weighted by Gasteiger charge is -2.20. The van der Waals surface area contributed by atoms with Crippen LogP contribution < -0.4 is 0 Å². The van der Waals surface area contributed by atoms with Crippen molar-refractivity contribution in [3.8, 4) is 0 Å². The van der Waals surface area contributed by atoms with Gasteiger partial charge in [-0.25, -0.2) is 0 Å². The molecule has 0 heterocycles. The molecule has 1 aliphatic carbocycles. The molecule has 3 aromatic rings. The van der Waals surface area contributed by atoms with E-state index in [4.69, 9.17) is 0 Å². The predicted molar refractivity (Wildman–Crippen MR) is 93.0 cm³/mol. The van der Waals surface area contributed by atoms with Crippen molar-refractivity contribution in [1.29, 1.82) is 0 Å². The van der Waals surface area contributed by atoms with E-state index in [-0.39, 0.29) is 17.6 Å². The topological polar surface area (TPSA) is 17.1 Å². The van der Waals surface area contributed by atoms with Crippen molar-refractivity contribution in [3.05, 3.63) is 107 Å². The molecule has 0 bridgehead atoms. The largest absolute Gasteiger partial charge is 0.293 e. The Morgan fingerprint density at radius 2 is 1.22 bits per heavy atom. The van der Waals surface area contributed by atoms with Crippen LogP contribution in [0.25, 0.3) is 0 Å². The van der Waals surface area contributed by atoms with E-state index in [2.05, 4.69) is 48.5 Å². The van der Waals surface area contributed by atoms with Crippen molar-refractivity contribution < 1.29 is 4.79 Å². The fourth-order valence-corrected chi connectivity index (χ4v) is 3.81. The summed E-state index contributed by atoms with van der Waals surface area (Å²) in [6.07, 6.45) is 0. The first-order chi connectivity index (χ1) is 11.3. The van der Waals surface area contributed by atoms with Crippen molar-refractivity contribution >= 4 is 5.78 Å². The summed E-state index contributed by atoms with van der Waals surface area (Å²) in [6.45, 7) is 2.03. The number of Topliss-reactive ketones (excluding diaryl/α,β-unsaturated/α-hetero) is 1. The highest BCUT2D eigenvalue weighted by atomic mass is 16.1. The lowest BCUT2D eigenvalue weighted by Crippen LogP contribution is -2.13. The van der Waals surface area contributed by atoms with E-state index in [1.54, 1.807) is 0 Å². The Labute approximate surface area is 136 Å². The predicted octanol–water partition coefficient (Wildman–Crippen LogP) is 5.11. The summed E-state index contributed by atoms with van der Waals surface area (Å²) in [6, 6.07) is 26.8. The van der Waals surface area contributed by atoms with Crippen LogP contribution in [0.15, 0.2) is 78.9 Å². The first-order valence-corrected chi connectivity index (χ1v) is 8.01. The number of carbonyl (C=O) groups excluding carboxylic acids is 1. The molecule has 1 heteroatoms. The maximum atomic E-state index is 13.2. The second-order valence-electron chi connectivity index (χ2n) is 6.18. The Kier molecular flexibility index (Phi) is 3.34. The Bertz CT molecular complexity index is 850. The van der Waals surface area contributed by atoms with Crippen molar-refractivity contribution in [2.45, 2.75) is 18.8 Å². The zero-order chi connectivity index (χ0) is 15.8. The monoisotopic (exact) mass is 298 g/mol. The zero-order valence-electron chi connectivity index (χ0n) is 13.1. The molecule has 0 fully saturated rings. The minimum absolute atomic E-state index is 0.0981. The van der Waals surface area contributed by atoms with E-state index >= 15 is 0 Å². The highest BCUT2D eigenvalue weighted by molar-refractivity contribution is 6.08. The number of ketones is 1. The fourth-order valence-electron chi connectivity index (χ4n) is 3.81. The number of carbonyl (C=O) groups is 1. The van der Waals surface area contributed by atoms with E-state index in [1.807, 2.05) is 37.3 Å². The van der Waals surface area contributed by atoms with Gasteiger partial charge in [-0.2, -0.15) is 0 Å². The van der Waals surface area contributed by atoms with Gasteiger partial charge in [-0.15, -0.1) is 0 Å². The van der Waals surface area contributed by atoms with Gasteiger partial charge in [0.05, 0.1) is 5.92 Å². The summed E-state index contributed by atoms with van der Waals surface area (Å²) in [5, 5.41) is 0. The lowest BCUT2D eigenvalue weighted by atomic mass is 9.81. The van der Waals surface area contributed by atoms with Gasteiger partial charge in [0.25, 0.3) is 0 Å². The minimum atomic E-state index is -0.130. The first-order valence-electron chi connectivity index (χ1n) is 8.01. The molecule has 1 nitrogen and oxygen atoms in total. The van der Waals surface area contributed by atoms with Gasteiger partial charge in [0.15, 0.2) is 5.78 Å².